The van der Waals surface area contributed by atoms with Gasteiger partial charge in [0.05, 0.1) is 30.6 Å². The Bertz CT molecular complexity index is 1150. The highest BCUT2D eigenvalue weighted by atomic mass is 32.1. The number of aryl methyl sites for hydroxylation is 1. The van der Waals surface area contributed by atoms with E-state index in [2.05, 4.69) is 69.3 Å². The lowest BCUT2D eigenvalue weighted by Gasteiger charge is -2.28. The second-order valence-electron chi connectivity index (χ2n) is 7.42. The van der Waals surface area contributed by atoms with Crippen LogP contribution in [0.4, 0.5) is 0 Å². The smallest absolute Gasteiger partial charge is 0.170 e. The van der Waals surface area contributed by atoms with Crippen molar-refractivity contribution in [3.05, 3.63) is 108 Å². The molecule has 0 radical (unpaired) electrons. The zero-order valence-electron chi connectivity index (χ0n) is 16.6. The van der Waals surface area contributed by atoms with Crippen LogP contribution in [0.3, 0.4) is 0 Å². The Labute approximate surface area is 181 Å². The van der Waals surface area contributed by atoms with Crippen LogP contribution < -0.4 is 5.32 Å². The fourth-order valence-electron chi connectivity index (χ4n) is 4.16. The fraction of sp³-hybridized carbons (Fsp3) is 0.167. The number of benzene rings is 1. The highest BCUT2D eigenvalue weighted by Gasteiger charge is 2.41. The minimum absolute atomic E-state index is 0.0351. The number of pyridine rings is 1. The lowest BCUT2D eigenvalue weighted by molar-refractivity contribution is 0.280. The SMILES string of the molecule is Cc1ccccc1-n1cccc1[C@@H]1[C@@H](c2ccccn2)NC(=S)N1Cc1ccco1. The van der Waals surface area contributed by atoms with Crippen molar-refractivity contribution in [2.24, 2.45) is 0 Å². The molecule has 1 aliphatic rings. The molecule has 0 saturated carbocycles. The summed E-state index contributed by atoms with van der Waals surface area (Å²) in [6, 6.07) is 22.4. The Morgan fingerprint density at radius 2 is 1.90 bits per heavy atom. The van der Waals surface area contributed by atoms with Gasteiger partial charge in [-0.05, 0) is 67.2 Å². The molecule has 0 aliphatic carbocycles. The summed E-state index contributed by atoms with van der Waals surface area (Å²) in [6.07, 6.45) is 5.63. The zero-order valence-corrected chi connectivity index (χ0v) is 17.4. The average Bonchev–Trinajstić information content (AvgIpc) is 3.51. The van der Waals surface area contributed by atoms with Crippen LogP contribution in [0, 0.1) is 6.92 Å². The van der Waals surface area contributed by atoms with Gasteiger partial charge in [-0.3, -0.25) is 4.98 Å². The molecule has 1 aliphatic heterocycles. The van der Waals surface area contributed by atoms with Crippen LogP contribution in [0.15, 0.2) is 89.8 Å². The highest BCUT2D eigenvalue weighted by Crippen LogP contribution is 2.40. The van der Waals surface area contributed by atoms with Crippen LogP contribution in [0.1, 0.15) is 34.8 Å². The van der Waals surface area contributed by atoms with Crippen molar-refractivity contribution in [1.82, 2.24) is 19.8 Å². The standard InChI is InChI=1S/C24H22N4OS/c1-17-8-2-3-11-20(17)27-14-6-12-21(27)23-22(19-10-4-5-13-25-19)26-24(30)28(23)16-18-9-7-15-29-18/h2-15,22-23H,16H2,1H3,(H,26,30)/t22-,23-/m1/s1. The van der Waals surface area contributed by atoms with E-state index in [1.54, 1.807) is 6.26 Å². The third kappa shape index (κ3) is 3.29. The molecule has 6 heteroatoms. The summed E-state index contributed by atoms with van der Waals surface area (Å²) >= 11 is 5.76. The van der Waals surface area contributed by atoms with Gasteiger partial charge in [-0.15, -0.1) is 0 Å². The lowest BCUT2D eigenvalue weighted by atomic mass is 10.0. The summed E-state index contributed by atoms with van der Waals surface area (Å²) in [5.41, 5.74) is 4.49. The molecule has 0 amide bonds. The summed E-state index contributed by atoms with van der Waals surface area (Å²) < 4.78 is 7.88. The van der Waals surface area contributed by atoms with Gasteiger partial charge in [-0.1, -0.05) is 24.3 Å². The molecule has 3 aromatic heterocycles. The number of para-hydroxylation sites is 1. The fourth-order valence-corrected chi connectivity index (χ4v) is 4.46. The van der Waals surface area contributed by atoms with E-state index < -0.39 is 0 Å². The topological polar surface area (TPSA) is 46.2 Å². The maximum Gasteiger partial charge on any atom is 0.170 e. The molecular weight excluding hydrogens is 392 g/mol. The van der Waals surface area contributed by atoms with E-state index >= 15 is 0 Å². The maximum atomic E-state index is 5.76. The molecule has 0 bridgehead atoms. The molecule has 1 aromatic carbocycles. The summed E-state index contributed by atoms with van der Waals surface area (Å²) in [4.78, 5) is 6.82. The van der Waals surface area contributed by atoms with Crippen LogP contribution in [-0.2, 0) is 6.54 Å². The molecule has 0 spiro atoms. The van der Waals surface area contributed by atoms with Gasteiger partial charge in [0.25, 0.3) is 0 Å². The van der Waals surface area contributed by atoms with E-state index in [0.29, 0.717) is 11.7 Å². The third-order valence-corrected chi connectivity index (χ3v) is 5.91. The molecule has 1 N–H and O–H groups in total. The quantitative estimate of drug-likeness (QED) is 0.469. The number of thiocarbonyl (C=S) groups is 1. The Balaban J connectivity index is 1.62. The number of aromatic nitrogens is 2. The molecule has 30 heavy (non-hydrogen) atoms. The second kappa shape index (κ2) is 7.80. The van der Waals surface area contributed by atoms with Crippen molar-refractivity contribution in [2.45, 2.75) is 25.6 Å². The van der Waals surface area contributed by atoms with Crippen molar-refractivity contribution in [2.75, 3.05) is 0 Å². The Hall–Kier alpha value is -3.38. The van der Waals surface area contributed by atoms with Crippen LogP contribution in [0.2, 0.25) is 0 Å². The van der Waals surface area contributed by atoms with Crippen molar-refractivity contribution in [1.29, 1.82) is 0 Å². The first-order valence-electron chi connectivity index (χ1n) is 9.96. The Kier molecular flexibility index (Phi) is 4.85. The number of rotatable bonds is 5. The van der Waals surface area contributed by atoms with Gasteiger partial charge >= 0.3 is 0 Å². The number of furan rings is 1. The summed E-state index contributed by atoms with van der Waals surface area (Å²) in [5, 5.41) is 4.20. The second-order valence-corrected chi connectivity index (χ2v) is 7.81. The minimum atomic E-state index is -0.0636. The molecule has 150 valence electrons. The first-order valence-corrected chi connectivity index (χ1v) is 10.4. The van der Waals surface area contributed by atoms with Crippen molar-refractivity contribution >= 4 is 17.3 Å². The molecular formula is C24H22N4OS. The zero-order chi connectivity index (χ0) is 20.5. The first-order chi connectivity index (χ1) is 14.7. The molecule has 5 rings (SSSR count). The van der Waals surface area contributed by atoms with Crippen molar-refractivity contribution in [3.63, 3.8) is 0 Å². The van der Waals surface area contributed by atoms with Crippen LogP contribution in [0.25, 0.3) is 5.69 Å². The van der Waals surface area contributed by atoms with Gasteiger partial charge in [0, 0.05) is 23.8 Å². The van der Waals surface area contributed by atoms with Gasteiger partial charge < -0.3 is 19.2 Å². The number of hydrogen-bond donors (Lipinski definition) is 1. The Morgan fingerprint density at radius 3 is 2.67 bits per heavy atom. The van der Waals surface area contributed by atoms with E-state index in [0.717, 1.165) is 22.8 Å². The molecule has 1 saturated heterocycles. The highest BCUT2D eigenvalue weighted by molar-refractivity contribution is 7.80. The first kappa shape index (κ1) is 18.6. The number of nitrogens with zero attached hydrogens (tertiary/aromatic N) is 3. The maximum absolute atomic E-state index is 5.76. The summed E-state index contributed by atoms with van der Waals surface area (Å²) in [5.74, 6) is 0.875. The van der Waals surface area contributed by atoms with E-state index in [4.69, 9.17) is 16.6 Å². The molecule has 4 aromatic rings. The summed E-state index contributed by atoms with van der Waals surface area (Å²) in [6.45, 7) is 2.72. The predicted molar refractivity (Wildman–Crippen MR) is 120 cm³/mol. The van der Waals surface area contributed by atoms with E-state index in [1.807, 2.05) is 36.5 Å². The molecule has 1 fully saturated rings. The monoisotopic (exact) mass is 414 g/mol. The molecule has 2 atom stereocenters. The minimum Gasteiger partial charge on any atom is -0.467 e. The normalized spacial score (nSPS) is 18.6. The summed E-state index contributed by atoms with van der Waals surface area (Å²) in [7, 11) is 0. The van der Waals surface area contributed by atoms with Crippen LogP contribution in [-0.4, -0.2) is 19.6 Å². The van der Waals surface area contributed by atoms with E-state index in [1.165, 1.54) is 5.56 Å². The van der Waals surface area contributed by atoms with Crippen LogP contribution in [0.5, 0.6) is 0 Å². The molecule has 0 unspecified atom stereocenters. The van der Waals surface area contributed by atoms with Crippen LogP contribution >= 0.6 is 12.2 Å². The van der Waals surface area contributed by atoms with Gasteiger partial charge in [-0.25, -0.2) is 0 Å². The van der Waals surface area contributed by atoms with E-state index in [-0.39, 0.29) is 12.1 Å². The number of hydrogen-bond acceptors (Lipinski definition) is 3. The average molecular weight is 415 g/mol. The van der Waals surface area contributed by atoms with Gasteiger partial charge in [0.1, 0.15) is 5.76 Å². The molecule has 5 nitrogen and oxygen atoms in total. The largest absolute Gasteiger partial charge is 0.467 e. The van der Waals surface area contributed by atoms with Gasteiger partial charge in [-0.2, -0.15) is 0 Å². The molecule has 4 heterocycles. The Morgan fingerprint density at radius 1 is 1.03 bits per heavy atom. The van der Waals surface area contributed by atoms with Gasteiger partial charge in [0.15, 0.2) is 5.11 Å². The third-order valence-electron chi connectivity index (χ3n) is 5.56. The van der Waals surface area contributed by atoms with Crippen molar-refractivity contribution in [3.8, 4) is 5.69 Å². The lowest BCUT2D eigenvalue weighted by Crippen LogP contribution is -2.29. The predicted octanol–water partition coefficient (Wildman–Crippen LogP) is 4.95. The number of nitrogens with one attached hydrogen (secondary N) is 1. The van der Waals surface area contributed by atoms with E-state index in [9.17, 15) is 0 Å². The van der Waals surface area contributed by atoms with Crippen molar-refractivity contribution < 1.29 is 4.42 Å². The van der Waals surface area contributed by atoms with Gasteiger partial charge in [0.2, 0.25) is 0 Å².